The Morgan fingerprint density at radius 2 is 1.69 bits per heavy atom. The molecule has 9 atom stereocenters. The lowest BCUT2D eigenvalue weighted by molar-refractivity contribution is -0.122. The molecule has 166 valence electrons. The first-order valence-electron chi connectivity index (χ1n) is 13.0. The molecule has 0 amide bonds. The number of rotatable bonds is 5. The molecule has 29 heavy (non-hydrogen) atoms. The molecule has 1 heteroatoms. The summed E-state index contributed by atoms with van der Waals surface area (Å²) in [6, 6.07) is 0. The predicted octanol–water partition coefficient (Wildman–Crippen LogP) is 7.63. The summed E-state index contributed by atoms with van der Waals surface area (Å²) in [5.41, 5.74) is 2.05. The lowest BCUT2D eigenvalue weighted by Gasteiger charge is -2.61. The molecule has 4 fully saturated rings. The summed E-state index contributed by atoms with van der Waals surface area (Å²) < 4.78 is 0. The summed E-state index contributed by atoms with van der Waals surface area (Å²) >= 11 is 0. The smallest absolute Gasteiger partial charge is 0.0753 e. The Morgan fingerprint density at radius 1 is 0.966 bits per heavy atom. The Kier molecular flexibility index (Phi) is 6.04. The van der Waals surface area contributed by atoms with Gasteiger partial charge in [0.25, 0.3) is 0 Å². The highest BCUT2D eigenvalue weighted by molar-refractivity contribution is 5.16. The van der Waals surface area contributed by atoms with Crippen LogP contribution in [0.3, 0.4) is 0 Å². The third-order valence-corrected chi connectivity index (χ3v) is 10.9. The van der Waals surface area contributed by atoms with Gasteiger partial charge in [-0.3, -0.25) is 0 Å². The number of hydrogen-bond donors (Lipinski definition) is 1. The predicted molar refractivity (Wildman–Crippen MR) is 124 cm³/mol. The summed E-state index contributed by atoms with van der Waals surface area (Å²) in [6.07, 6.45) is 14.7. The van der Waals surface area contributed by atoms with Crippen molar-refractivity contribution in [1.29, 1.82) is 0 Å². The standard InChI is InChI=1S/C28H48O/c1-18(2)8-7-9-19(3)23-12-13-24-22-11-10-21-16-20(4)26(29)17-28(21,6)25(22)14-15-27(23,24)5/h18-19,21-26,29H,4,7-17H2,1-3,5-6H3/t19-,21+,22+,23-,24+,25+,26-,27-,28+/m1/s1. The van der Waals surface area contributed by atoms with Gasteiger partial charge in [-0.2, -0.15) is 0 Å². The molecule has 0 heterocycles. The minimum atomic E-state index is -0.249. The van der Waals surface area contributed by atoms with Crippen molar-refractivity contribution in [3.63, 3.8) is 0 Å². The molecule has 4 aliphatic rings. The van der Waals surface area contributed by atoms with E-state index in [9.17, 15) is 5.11 Å². The SMILES string of the molecule is C=C1C[C@@H]2CC[C@@H]3[C@H](CC[C@]4(C)[C@@H]([C@H](C)CCCC(C)C)CC[C@@H]34)[C@@]2(C)C[C@H]1O. The van der Waals surface area contributed by atoms with Crippen LogP contribution in [0.4, 0.5) is 0 Å². The fraction of sp³-hybridized carbons (Fsp3) is 0.929. The van der Waals surface area contributed by atoms with Gasteiger partial charge in [0, 0.05) is 0 Å². The zero-order valence-corrected chi connectivity index (χ0v) is 20.1. The van der Waals surface area contributed by atoms with Crippen LogP contribution >= 0.6 is 0 Å². The third-order valence-electron chi connectivity index (χ3n) is 10.9. The van der Waals surface area contributed by atoms with E-state index in [0.29, 0.717) is 10.8 Å². The molecule has 0 aromatic heterocycles. The average molecular weight is 401 g/mol. The van der Waals surface area contributed by atoms with E-state index in [1.165, 1.54) is 57.8 Å². The van der Waals surface area contributed by atoms with E-state index in [4.69, 9.17) is 0 Å². The van der Waals surface area contributed by atoms with Gasteiger partial charge in [0.1, 0.15) is 0 Å². The fourth-order valence-corrected chi connectivity index (χ4v) is 9.23. The van der Waals surface area contributed by atoms with Crippen LogP contribution in [-0.4, -0.2) is 11.2 Å². The molecule has 1 nitrogen and oxygen atoms in total. The van der Waals surface area contributed by atoms with Crippen LogP contribution in [-0.2, 0) is 0 Å². The summed E-state index contributed by atoms with van der Waals surface area (Å²) in [5.74, 6) is 6.17. The summed E-state index contributed by atoms with van der Waals surface area (Å²) in [5, 5.41) is 10.6. The highest BCUT2D eigenvalue weighted by Gasteiger charge is 2.60. The van der Waals surface area contributed by atoms with E-state index in [2.05, 4.69) is 41.2 Å². The van der Waals surface area contributed by atoms with Crippen LogP contribution < -0.4 is 0 Å². The monoisotopic (exact) mass is 400 g/mol. The molecule has 1 N–H and O–H groups in total. The van der Waals surface area contributed by atoms with Gasteiger partial charge in [-0.1, -0.05) is 60.5 Å². The van der Waals surface area contributed by atoms with E-state index in [0.717, 1.165) is 59.8 Å². The molecule has 0 aliphatic heterocycles. The first-order valence-corrected chi connectivity index (χ1v) is 13.0. The second-order valence-corrected chi connectivity index (χ2v) is 12.8. The average Bonchev–Trinajstić information content (AvgIpc) is 3.00. The molecular weight excluding hydrogens is 352 g/mol. The van der Waals surface area contributed by atoms with Crippen molar-refractivity contribution in [2.24, 2.45) is 52.3 Å². The molecule has 4 rings (SSSR count). The van der Waals surface area contributed by atoms with Crippen LogP contribution in [0.2, 0.25) is 0 Å². The number of aliphatic hydroxyl groups is 1. The number of hydrogen-bond acceptors (Lipinski definition) is 1. The fourth-order valence-electron chi connectivity index (χ4n) is 9.23. The Labute approximate surface area is 181 Å². The van der Waals surface area contributed by atoms with Crippen molar-refractivity contribution in [3.8, 4) is 0 Å². The van der Waals surface area contributed by atoms with Crippen molar-refractivity contribution < 1.29 is 5.11 Å². The van der Waals surface area contributed by atoms with Gasteiger partial charge in [0.2, 0.25) is 0 Å². The minimum absolute atomic E-state index is 0.249. The molecule has 0 aromatic carbocycles. The maximum Gasteiger partial charge on any atom is 0.0753 e. The van der Waals surface area contributed by atoms with Crippen molar-refractivity contribution in [3.05, 3.63) is 12.2 Å². The molecule has 0 bridgehead atoms. The van der Waals surface area contributed by atoms with E-state index in [-0.39, 0.29) is 6.10 Å². The Morgan fingerprint density at radius 3 is 2.41 bits per heavy atom. The van der Waals surface area contributed by atoms with Crippen LogP contribution in [0.5, 0.6) is 0 Å². The van der Waals surface area contributed by atoms with Crippen molar-refractivity contribution in [2.45, 2.75) is 111 Å². The molecule has 0 unspecified atom stereocenters. The Balaban J connectivity index is 1.48. The van der Waals surface area contributed by atoms with Gasteiger partial charge in [-0.05, 0) is 109 Å². The van der Waals surface area contributed by atoms with Crippen LogP contribution in [0, 0.1) is 52.3 Å². The van der Waals surface area contributed by atoms with Crippen molar-refractivity contribution >= 4 is 0 Å². The van der Waals surface area contributed by atoms with E-state index < -0.39 is 0 Å². The second-order valence-electron chi connectivity index (χ2n) is 12.8. The molecule has 0 radical (unpaired) electrons. The maximum absolute atomic E-state index is 10.6. The zero-order chi connectivity index (χ0) is 21.0. The summed E-state index contributed by atoms with van der Waals surface area (Å²) in [4.78, 5) is 0. The third kappa shape index (κ3) is 3.66. The van der Waals surface area contributed by atoms with E-state index in [1.807, 2.05) is 0 Å². The number of fused-ring (bicyclic) bond motifs is 5. The lowest BCUT2D eigenvalue weighted by atomic mass is 9.44. The van der Waals surface area contributed by atoms with Gasteiger partial charge in [-0.25, -0.2) is 0 Å². The maximum atomic E-state index is 10.6. The van der Waals surface area contributed by atoms with Gasteiger partial charge < -0.3 is 5.11 Å². The minimum Gasteiger partial charge on any atom is -0.389 e. The van der Waals surface area contributed by atoms with Gasteiger partial charge in [0.15, 0.2) is 0 Å². The topological polar surface area (TPSA) is 20.2 Å². The van der Waals surface area contributed by atoms with Crippen LogP contribution in [0.25, 0.3) is 0 Å². The lowest BCUT2D eigenvalue weighted by Crippen LogP contribution is -2.54. The molecular formula is C28H48O. The number of aliphatic hydroxyl groups excluding tert-OH is 1. The quantitative estimate of drug-likeness (QED) is 0.470. The van der Waals surface area contributed by atoms with Crippen molar-refractivity contribution in [2.75, 3.05) is 0 Å². The molecule has 0 spiro atoms. The molecule has 0 aromatic rings. The summed E-state index contributed by atoms with van der Waals surface area (Å²) in [7, 11) is 0. The molecule has 4 aliphatic carbocycles. The summed E-state index contributed by atoms with van der Waals surface area (Å²) in [6.45, 7) is 16.8. The van der Waals surface area contributed by atoms with Crippen LogP contribution in [0.15, 0.2) is 12.2 Å². The Bertz CT molecular complexity index is 607. The van der Waals surface area contributed by atoms with Crippen LogP contribution in [0.1, 0.15) is 105 Å². The first kappa shape index (κ1) is 21.9. The van der Waals surface area contributed by atoms with E-state index >= 15 is 0 Å². The normalized spacial score (nSPS) is 48.2. The Hall–Kier alpha value is -0.300. The van der Waals surface area contributed by atoms with E-state index in [1.54, 1.807) is 0 Å². The second kappa shape index (κ2) is 7.99. The highest BCUT2D eigenvalue weighted by Crippen LogP contribution is 2.68. The van der Waals surface area contributed by atoms with Gasteiger partial charge in [-0.15, -0.1) is 0 Å². The first-order chi connectivity index (χ1) is 13.7. The molecule has 4 saturated carbocycles. The largest absolute Gasteiger partial charge is 0.389 e. The molecule has 0 saturated heterocycles. The van der Waals surface area contributed by atoms with Crippen molar-refractivity contribution in [1.82, 2.24) is 0 Å². The highest BCUT2D eigenvalue weighted by atomic mass is 16.3. The van der Waals surface area contributed by atoms with Gasteiger partial charge in [0.05, 0.1) is 6.10 Å². The van der Waals surface area contributed by atoms with Gasteiger partial charge >= 0.3 is 0 Å². The zero-order valence-electron chi connectivity index (χ0n) is 20.1.